The molecule has 2 aromatic rings. The van der Waals surface area contributed by atoms with Crippen molar-refractivity contribution < 1.29 is 19.1 Å². The third-order valence-electron chi connectivity index (χ3n) is 2.54. The van der Waals surface area contributed by atoms with E-state index in [9.17, 15) is 9.18 Å². The lowest BCUT2D eigenvalue weighted by atomic mass is 10.1. The fraction of sp³-hybridized carbons (Fsp3) is 0.167. The van der Waals surface area contributed by atoms with Crippen molar-refractivity contribution >= 4 is 16.8 Å². The van der Waals surface area contributed by atoms with Crippen molar-refractivity contribution in [2.24, 2.45) is 0 Å². The molecule has 1 aromatic carbocycles. The number of methoxy groups -OCH3 is 1. The highest BCUT2D eigenvalue weighted by atomic mass is 19.1. The zero-order valence-electron chi connectivity index (χ0n) is 9.82. The van der Waals surface area contributed by atoms with Crippen molar-refractivity contribution in [2.45, 2.75) is 6.92 Å². The summed E-state index contributed by atoms with van der Waals surface area (Å²) in [6.45, 7) is 1.72. The lowest BCUT2D eigenvalue weighted by Crippen LogP contribution is -2.18. The van der Waals surface area contributed by atoms with Gasteiger partial charge in [0.25, 0.3) is 5.91 Å². The molecule has 5 nitrogen and oxygen atoms in total. The van der Waals surface area contributed by atoms with Crippen molar-refractivity contribution in [1.82, 2.24) is 10.5 Å². The number of hydrogen-bond donors (Lipinski definition) is 2. The van der Waals surface area contributed by atoms with Gasteiger partial charge in [0.1, 0.15) is 17.1 Å². The first kappa shape index (κ1) is 12.3. The first-order valence-corrected chi connectivity index (χ1v) is 5.16. The molecule has 0 aliphatic carbocycles. The Morgan fingerprint density at radius 3 is 2.78 bits per heavy atom. The quantitative estimate of drug-likeness (QED) is 0.630. The highest BCUT2D eigenvalue weighted by Crippen LogP contribution is 2.28. The number of carbonyl (C=O) groups is 1. The van der Waals surface area contributed by atoms with Crippen molar-refractivity contribution in [3.8, 4) is 5.75 Å². The molecule has 18 heavy (non-hydrogen) atoms. The van der Waals surface area contributed by atoms with E-state index < -0.39 is 11.7 Å². The molecule has 2 rings (SSSR count). The third kappa shape index (κ3) is 1.98. The van der Waals surface area contributed by atoms with E-state index in [0.29, 0.717) is 16.8 Å². The number of amides is 1. The Morgan fingerprint density at radius 1 is 1.44 bits per heavy atom. The topological polar surface area (TPSA) is 71.5 Å². The van der Waals surface area contributed by atoms with E-state index in [4.69, 9.17) is 9.94 Å². The van der Waals surface area contributed by atoms with Gasteiger partial charge >= 0.3 is 0 Å². The standard InChI is InChI=1S/C12H11FN2O3/c1-6-3-10(18-2)8-4-7(12(16)15-17)5-9(13)11(8)14-6/h3-5,17H,1-2H3,(H,15,16). The normalized spacial score (nSPS) is 10.4. The molecule has 0 saturated heterocycles. The largest absolute Gasteiger partial charge is 0.496 e. The van der Waals surface area contributed by atoms with Gasteiger partial charge in [0.15, 0.2) is 0 Å². The molecular weight excluding hydrogens is 239 g/mol. The summed E-state index contributed by atoms with van der Waals surface area (Å²) < 4.78 is 19.0. The molecule has 0 unspecified atom stereocenters. The average molecular weight is 250 g/mol. The molecule has 0 atom stereocenters. The summed E-state index contributed by atoms with van der Waals surface area (Å²) in [5.41, 5.74) is 2.18. The second kappa shape index (κ2) is 4.58. The molecule has 0 aliphatic heterocycles. The summed E-state index contributed by atoms with van der Waals surface area (Å²) in [6.07, 6.45) is 0. The van der Waals surface area contributed by atoms with E-state index in [2.05, 4.69) is 4.98 Å². The zero-order valence-corrected chi connectivity index (χ0v) is 9.82. The molecule has 0 fully saturated rings. The number of halogens is 1. The van der Waals surface area contributed by atoms with Crippen LogP contribution in [-0.2, 0) is 0 Å². The van der Waals surface area contributed by atoms with Gasteiger partial charge in [-0.25, -0.2) is 14.9 Å². The number of pyridine rings is 1. The lowest BCUT2D eigenvalue weighted by Gasteiger charge is -2.09. The number of nitrogens with one attached hydrogen (secondary N) is 1. The monoisotopic (exact) mass is 250 g/mol. The maximum atomic E-state index is 13.9. The van der Waals surface area contributed by atoms with Gasteiger partial charge in [-0.2, -0.15) is 0 Å². The van der Waals surface area contributed by atoms with E-state index in [0.717, 1.165) is 6.07 Å². The summed E-state index contributed by atoms with van der Waals surface area (Å²) in [7, 11) is 1.45. The van der Waals surface area contributed by atoms with E-state index >= 15 is 0 Å². The SMILES string of the molecule is COc1cc(C)nc2c(F)cc(C(=O)NO)cc12. The lowest BCUT2D eigenvalue weighted by molar-refractivity contribution is 0.0706. The number of aromatic nitrogens is 1. The summed E-state index contributed by atoms with van der Waals surface area (Å²) in [4.78, 5) is 15.3. The van der Waals surface area contributed by atoms with E-state index in [-0.39, 0.29) is 11.1 Å². The van der Waals surface area contributed by atoms with Gasteiger partial charge in [-0.05, 0) is 19.1 Å². The van der Waals surface area contributed by atoms with Gasteiger partial charge in [0.05, 0.1) is 7.11 Å². The van der Waals surface area contributed by atoms with Gasteiger partial charge < -0.3 is 4.74 Å². The summed E-state index contributed by atoms with van der Waals surface area (Å²) >= 11 is 0. The second-order valence-corrected chi connectivity index (χ2v) is 3.76. The van der Waals surface area contributed by atoms with Gasteiger partial charge in [-0.3, -0.25) is 10.0 Å². The van der Waals surface area contributed by atoms with Crippen LogP contribution in [0.25, 0.3) is 10.9 Å². The van der Waals surface area contributed by atoms with Crippen molar-refractivity contribution in [2.75, 3.05) is 7.11 Å². The maximum Gasteiger partial charge on any atom is 0.274 e. The minimum atomic E-state index is -0.793. The molecule has 0 saturated carbocycles. The summed E-state index contributed by atoms with van der Waals surface area (Å²) in [5.74, 6) is -1.02. The van der Waals surface area contributed by atoms with Crippen LogP contribution in [0.1, 0.15) is 16.1 Å². The number of hydrogen-bond acceptors (Lipinski definition) is 4. The van der Waals surface area contributed by atoms with E-state index in [1.165, 1.54) is 18.7 Å². The minimum Gasteiger partial charge on any atom is -0.496 e. The van der Waals surface area contributed by atoms with Crippen LogP contribution in [0.2, 0.25) is 0 Å². The van der Waals surface area contributed by atoms with Gasteiger partial charge in [-0.1, -0.05) is 0 Å². The minimum absolute atomic E-state index is 0.00791. The molecule has 1 amide bonds. The summed E-state index contributed by atoms with van der Waals surface area (Å²) in [5, 5.41) is 8.93. The molecule has 0 aliphatic rings. The first-order valence-electron chi connectivity index (χ1n) is 5.16. The molecule has 0 radical (unpaired) electrons. The fourth-order valence-electron chi connectivity index (χ4n) is 1.74. The Hall–Kier alpha value is -2.21. The molecule has 0 spiro atoms. The number of rotatable bonds is 2. The molecule has 0 bridgehead atoms. The van der Waals surface area contributed by atoms with Crippen LogP contribution in [0.15, 0.2) is 18.2 Å². The Kier molecular flexibility index (Phi) is 3.12. The number of nitrogens with zero attached hydrogens (tertiary/aromatic N) is 1. The number of fused-ring (bicyclic) bond motifs is 1. The molecule has 94 valence electrons. The number of benzene rings is 1. The number of ether oxygens (including phenoxy) is 1. The molecular formula is C12H11FN2O3. The third-order valence-corrected chi connectivity index (χ3v) is 2.54. The average Bonchev–Trinajstić information content (AvgIpc) is 2.37. The Labute approximate surface area is 102 Å². The van der Waals surface area contributed by atoms with Crippen LogP contribution in [0.4, 0.5) is 4.39 Å². The molecule has 6 heteroatoms. The molecule has 2 N–H and O–H groups in total. The van der Waals surface area contributed by atoms with E-state index in [1.54, 1.807) is 13.0 Å². The fourth-order valence-corrected chi connectivity index (χ4v) is 1.74. The van der Waals surface area contributed by atoms with Crippen molar-refractivity contribution in [3.63, 3.8) is 0 Å². The number of carbonyl (C=O) groups excluding carboxylic acids is 1. The van der Waals surface area contributed by atoms with Crippen LogP contribution >= 0.6 is 0 Å². The zero-order chi connectivity index (χ0) is 13.3. The van der Waals surface area contributed by atoms with Crippen molar-refractivity contribution in [1.29, 1.82) is 0 Å². The van der Waals surface area contributed by atoms with Crippen LogP contribution in [-0.4, -0.2) is 23.2 Å². The highest BCUT2D eigenvalue weighted by Gasteiger charge is 2.14. The molecule has 1 heterocycles. The van der Waals surface area contributed by atoms with Crippen LogP contribution < -0.4 is 10.2 Å². The Morgan fingerprint density at radius 2 is 2.17 bits per heavy atom. The smallest absolute Gasteiger partial charge is 0.274 e. The van der Waals surface area contributed by atoms with Crippen LogP contribution in [0, 0.1) is 12.7 Å². The predicted octanol–water partition coefficient (Wildman–Crippen LogP) is 1.81. The Balaban J connectivity index is 2.78. The summed E-state index contributed by atoms with van der Waals surface area (Å²) in [6, 6.07) is 4.07. The van der Waals surface area contributed by atoms with Gasteiger partial charge in [-0.15, -0.1) is 0 Å². The number of hydroxylamine groups is 1. The van der Waals surface area contributed by atoms with Gasteiger partial charge in [0, 0.05) is 22.7 Å². The number of aryl methyl sites for hydroxylation is 1. The molecule has 1 aromatic heterocycles. The van der Waals surface area contributed by atoms with E-state index in [1.807, 2.05) is 0 Å². The van der Waals surface area contributed by atoms with Crippen LogP contribution in [0.5, 0.6) is 5.75 Å². The second-order valence-electron chi connectivity index (χ2n) is 3.76. The highest BCUT2D eigenvalue weighted by molar-refractivity contribution is 5.98. The van der Waals surface area contributed by atoms with Crippen molar-refractivity contribution in [3.05, 3.63) is 35.3 Å². The van der Waals surface area contributed by atoms with Gasteiger partial charge in [0.2, 0.25) is 0 Å². The predicted molar refractivity (Wildman–Crippen MR) is 62.2 cm³/mol. The maximum absolute atomic E-state index is 13.9. The van der Waals surface area contributed by atoms with Crippen LogP contribution in [0.3, 0.4) is 0 Å². The first-order chi connectivity index (χ1) is 8.56. The Bertz CT molecular complexity index is 628.